The number of H-pyrrole nitrogens is 1. The zero-order chi connectivity index (χ0) is 8.93. The van der Waals surface area contributed by atoms with Gasteiger partial charge in [-0.3, -0.25) is 0 Å². The molecule has 1 aromatic rings. The van der Waals surface area contributed by atoms with Crippen LogP contribution in [-0.2, 0) is 6.42 Å². The van der Waals surface area contributed by atoms with Crippen LogP contribution in [0.4, 0.5) is 0 Å². The molecule has 0 saturated carbocycles. The Hall–Kier alpha value is -0.900. The number of nitrogens with zero attached hydrogens (tertiary/aromatic N) is 3. The lowest BCUT2D eigenvalue weighted by atomic mass is 10.1. The maximum Gasteiger partial charge on any atom is 0.0837 e. The van der Waals surface area contributed by atoms with Crippen LogP contribution in [0.2, 0.25) is 0 Å². The van der Waals surface area contributed by atoms with Gasteiger partial charge in [-0.15, -0.1) is 0 Å². The average molecular weight is 180 g/mol. The lowest BCUT2D eigenvalue weighted by Gasteiger charge is -2.25. The van der Waals surface area contributed by atoms with E-state index in [0.717, 1.165) is 18.7 Å². The third-order valence-corrected chi connectivity index (χ3v) is 2.60. The zero-order valence-corrected chi connectivity index (χ0v) is 7.87. The molecule has 0 atom stereocenters. The van der Waals surface area contributed by atoms with Gasteiger partial charge in [0.2, 0.25) is 0 Å². The first kappa shape index (κ1) is 8.69. The van der Waals surface area contributed by atoms with E-state index in [9.17, 15) is 0 Å². The highest BCUT2D eigenvalue weighted by molar-refractivity contribution is 4.91. The number of nitrogens with one attached hydrogen (secondary N) is 1. The molecular formula is C9H16N4. The zero-order valence-electron chi connectivity index (χ0n) is 7.87. The van der Waals surface area contributed by atoms with Crippen molar-refractivity contribution in [1.82, 2.24) is 20.3 Å². The second kappa shape index (κ2) is 4.37. The second-order valence-electron chi connectivity index (χ2n) is 3.61. The van der Waals surface area contributed by atoms with Crippen LogP contribution >= 0.6 is 0 Å². The lowest BCUT2D eigenvalue weighted by molar-refractivity contribution is 0.231. The Labute approximate surface area is 78.3 Å². The maximum absolute atomic E-state index is 4.04. The summed E-state index contributed by atoms with van der Waals surface area (Å²) in [5.41, 5.74) is 1.07. The molecular weight excluding hydrogens is 164 g/mol. The van der Waals surface area contributed by atoms with Crippen molar-refractivity contribution >= 4 is 0 Å². The first-order valence-electron chi connectivity index (χ1n) is 5.02. The van der Waals surface area contributed by atoms with Crippen molar-refractivity contribution in [3.63, 3.8) is 0 Å². The van der Waals surface area contributed by atoms with Crippen LogP contribution in [0.15, 0.2) is 6.20 Å². The molecule has 1 aromatic heterocycles. The number of aromatic nitrogens is 3. The number of rotatable bonds is 3. The van der Waals surface area contributed by atoms with Crippen molar-refractivity contribution in [2.24, 2.45) is 0 Å². The van der Waals surface area contributed by atoms with E-state index in [1.807, 2.05) is 6.20 Å². The fourth-order valence-electron chi connectivity index (χ4n) is 1.80. The minimum absolute atomic E-state index is 1.02. The fourth-order valence-corrected chi connectivity index (χ4v) is 1.80. The van der Waals surface area contributed by atoms with Crippen molar-refractivity contribution < 1.29 is 0 Å². The minimum atomic E-state index is 1.02. The van der Waals surface area contributed by atoms with Gasteiger partial charge in [0.25, 0.3) is 0 Å². The maximum atomic E-state index is 4.04. The molecule has 4 nitrogen and oxygen atoms in total. The molecule has 0 unspecified atom stereocenters. The van der Waals surface area contributed by atoms with E-state index in [1.54, 1.807) is 0 Å². The van der Waals surface area contributed by atoms with Gasteiger partial charge >= 0.3 is 0 Å². The monoisotopic (exact) mass is 180 g/mol. The molecule has 2 rings (SSSR count). The van der Waals surface area contributed by atoms with Crippen LogP contribution < -0.4 is 0 Å². The van der Waals surface area contributed by atoms with Gasteiger partial charge in [-0.25, -0.2) is 0 Å². The Bertz CT molecular complexity index is 226. The van der Waals surface area contributed by atoms with Gasteiger partial charge in [0.05, 0.1) is 11.9 Å². The van der Waals surface area contributed by atoms with Crippen LogP contribution in [0.25, 0.3) is 0 Å². The van der Waals surface area contributed by atoms with Crippen molar-refractivity contribution in [2.75, 3.05) is 19.6 Å². The quantitative estimate of drug-likeness (QED) is 0.749. The molecule has 0 amide bonds. The van der Waals surface area contributed by atoms with Crippen LogP contribution in [0.1, 0.15) is 25.0 Å². The standard InChI is InChI=1S/C9H16N4/c1-2-5-13(6-3-1)7-4-9-8-10-12-11-9/h8H,1-7H2,(H,10,11,12). The van der Waals surface area contributed by atoms with Gasteiger partial charge in [0.15, 0.2) is 0 Å². The summed E-state index contributed by atoms with van der Waals surface area (Å²) in [4.78, 5) is 2.51. The molecule has 1 N–H and O–H groups in total. The number of likely N-dealkylation sites (tertiary alicyclic amines) is 1. The number of aromatic amines is 1. The van der Waals surface area contributed by atoms with Crippen LogP contribution in [0.3, 0.4) is 0 Å². The number of hydrogen-bond donors (Lipinski definition) is 1. The van der Waals surface area contributed by atoms with Gasteiger partial charge in [-0.05, 0) is 25.9 Å². The first-order chi connectivity index (χ1) is 6.45. The van der Waals surface area contributed by atoms with Gasteiger partial charge in [-0.2, -0.15) is 15.4 Å². The molecule has 13 heavy (non-hydrogen) atoms. The van der Waals surface area contributed by atoms with E-state index in [1.165, 1.54) is 32.4 Å². The summed E-state index contributed by atoms with van der Waals surface area (Å²) < 4.78 is 0. The van der Waals surface area contributed by atoms with E-state index < -0.39 is 0 Å². The van der Waals surface area contributed by atoms with Gasteiger partial charge < -0.3 is 4.90 Å². The van der Waals surface area contributed by atoms with Crippen LogP contribution in [0.5, 0.6) is 0 Å². The Morgan fingerprint density at radius 3 is 2.85 bits per heavy atom. The summed E-state index contributed by atoms with van der Waals surface area (Å²) in [6.07, 6.45) is 6.96. The fraction of sp³-hybridized carbons (Fsp3) is 0.778. The van der Waals surface area contributed by atoms with Crippen molar-refractivity contribution in [2.45, 2.75) is 25.7 Å². The molecule has 1 aliphatic rings. The molecule has 72 valence electrons. The normalized spacial score (nSPS) is 19.1. The second-order valence-corrected chi connectivity index (χ2v) is 3.61. The summed E-state index contributed by atoms with van der Waals surface area (Å²) in [5.74, 6) is 0. The highest BCUT2D eigenvalue weighted by atomic mass is 15.3. The summed E-state index contributed by atoms with van der Waals surface area (Å²) in [6.45, 7) is 3.65. The molecule has 1 fully saturated rings. The van der Waals surface area contributed by atoms with Crippen molar-refractivity contribution in [3.05, 3.63) is 11.9 Å². The average Bonchev–Trinajstić information content (AvgIpc) is 2.69. The van der Waals surface area contributed by atoms with E-state index in [4.69, 9.17) is 0 Å². The third-order valence-electron chi connectivity index (χ3n) is 2.60. The highest BCUT2D eigenvalue weighted by Crippen LogP contribution is 2.08. The van der Waals surface area contributed by atoms with E-state index in [0.29, 0.717) is 0 Å². The number of hydrogen-bond acceptors (Lipinski definition) is 3. The molecule has 1 saturated heterocycles. The minimum Gasteiger partial charge on any atom is -0.303 e. The van der Waals surface area contributed by atoms with Gasteiger partial charge in [0.1, 0.15) is 0 Å². The van der Waals surface area contributed by atoms with Crippen molar-refractivity contribution in [3.8, 4) is 0 Å². The molecule has 0 radical (unpaired) electrons. The molecule has 0 aromatic carbocycles. The molecule has 0 aliphatic carbocycles. The van der Waals surface area contributed by atoms with E-state index >= 15 is 0 Å². The Morgan fingerprint density at radius 1 is 1.31 bits per heavy atom. The summed E-state index contributed by atoms with van der Waals surface area (Å²) in [6, 6.07) is 0. The smallest absolute Gasteiger partial charge is 0.0837 e. The molecule has 0 bridgehead atoms. The molecule has 1 aliphatic heterocycles. The Balaban J connectivity index is 1.72. The topological polar surface area (TPSA) is 44.8 Å². The van der Waals surface area contributed by atoms with E-state index in [2.05, 4.69) is 20.3 Å². The van der Waals surface area contributed by atoms with Crippen molar-refractivity contribution in [1.29, 1.82) is 0 Å². The van der Waals surface area contributed by atoms with E-state index in [-0.39, 0.29) is 0 Å². The molecule has 2 heterocycles. The Morgan fingerprint density at radius 2 is 2.15 bits per heavy atom. The summed E-state index contributed by atoms with van der Waals surface area (Å²) in [5, 5.41) is 10.5. The predicted molar refractivity (Wildman–Crippen MR) is 50.4 cm³/mol. The lowest BCUT2D eigenvalue weighted by Crippen LogP contribution is -2.31. The predicted octanol–water partition coefficient (Wildman–Crippen LogP) is 0.833. The van der Waals surface area contributed by atoms with Gasteiger partial charge in [0, 0.05) is 13.0 Å². The van der Waals surface area contributed by atoms with Crippen LogP contribution in [0, 0.1) is 0 Å². The molecule has 4 heteroatoms. The Kier molecular flexibility index (Phi) is 2.92. The number of piperidine rings is 1. The summed E-state index contributed by atoms with van der Waals surface area (Å²) in [7, 11) is 0. The third kappa shape index (κ3) is 2.52. The largest absolute Gasteiger partial charge is 0.303 e. The van der Waals surface area contributed by atoms with Crippen LogP contribution in [-0.4, -0.2) is 39.9 Å². The summed E-state index contributed by atoms with van der Waals surface area (Å²) >= 11 is 0. The highest BCUT2D eigenvalue weighted by Gasteiger charge is 2.09. The van der Waals surface area contributed by atoms with Gasteiger partial charge in [-0.1, -0.05) is 6.42 Å². The SMILES string of the molecule is c1n[nH]nc1CCN1CCCCC1. The molecule has 0 spiro atoms. The first-order valence-corrected chi connectivity index (χ1v) is 5.02.